The molecule has 2 aromatic rings. The van der Waals surface area contributed by atoms with Gasteiger partial charge >= 0.3 is 0 Å². The largest absolute Gasteiger partial charge is 0.479 e. The fourth-order valence-electron chi connectivity index (χ4n) is 4.17. The average Bonchev–Trinajstić information content (AvgIpc) is 2.73. The zero-order valence-corrected chi connectivity index (χ0v) is 19.5. The summed E-state index contributed by atoms with van der Waals surface area (Å²) in [7, 11) is -3.78. The first-order valence-corrected chi connectivity index (χ1v) is 12.0. The summed E-state index contributed by atoms with van der Waals surface area (Å²) in [5.74, 6) is -0.0149. The topological polar surface area (TPSA) is 96.0 Å². The van der Waals surface area contributed by atoms with Gasteiger partial charge in [0.15, 0.2) is 6.10 Å². The Labute approximate surface area is 188 Å². The van der Waals surface area contributed by atoms with Crippen LogP contribution < -0.4 is 10.1 Å². The second-order valence-electron chi connectivity index (χ2n) is 8.44. The van der Waals surface area contributed by atoms with Crippen LogP contribution in [0.2, 0.25) is 0 Å². The summed E-state index contributed by atoms with van der Waals surface area (Å²) in [6.45, 7) is 8.26. The number of hydrogen-bond donors (Lipinski definition) is 1. The smallest absolute Gasteiger partial charge is 0.265 e. The molecule has 170 valence electrons. The molecule has 2 aliphatic rings. The van der Waals surface area contributed by atoms with Crippen LogP contribution in [0.25, 0.3) is 0 Å². The van der Waals surface area contributed by atoms with Gasteiger partial charge < -0.3 is 15.0 Å². The molecule has 2 heterocycles. The van der Waals surface area contributed by atoms with E-state index in [2.05, 4.69) is 5.32 Å². The Balaban J connectivity index is 1.51. The number of hydrogen-bond acceptors (Lipinski definition) is 5. The molecule has 0 saturated carbocycles. The van der Waals surface area contributed by atoms with Crippen molar-refractivity contribution in [2.75, 3.05) is 31.5 Å². The van der Waals surface area contributed by atoms with Crippen molar-refractivity contribution in [1.29, 1.82) is 0 Å². The van der Waals surface area contributed by atoms with Crippen LogP contribution in [0.3, 0.4) is 0 Å². The Morgan fingerprint density at radius 2 is 1.62 bits per heavy atom. The van der Waals surface area contributed by atoms with E-state index >= 15 is 0 Å². The molecule has 0 spiro atoms. The van der Waals surface area contributed by atoms with Gasteiger partial charge in [0.1, 0.15) is 5.75 Å². The number of nitrogens with one attached hydrogen (secondary N) is 1. The highest BCUT2D eigenvalue weighted by Gasteiger charge is 2.33. The molecule has 8 nitrogen and oxygen atoms in total. The van der Waals surface area contributed by atoms with Crippen molar-refractivity contribution in [2.24, 2.45) is 0 Å². The molecule has 1 atom stereocenters. The van der Waals surface area contributed by atoms with E-state index in [-0.39, 0.29) is 29.8 Å². The van der Waals surface area contributed by atoms with Crippen molar-refractivity contribution in [2.45, 2.75) is 38.7 Å². The molecule has 9 heteroatoms. The Kier molecular flexibility index (Phi) is 5.72. The van der Waals surface area contributed by atoms with Gasteiger partial charge in [-0.3, -0.25) is 9.59 Å². The Bertz CT molecular complexity index is 1180. The van der Waals surface area contributed by atoms with Crippen molar-refractivity contribution in [3.8, 4) is 5.75 Å². The summed E-state index contributed by atoms with van der Waals surface area (Å²) >= 11 is 0. The van der Waals surface area contributed by atoms with Gasteiger partial charge in [-0.05, 0) is 51.5 Å². The van der Waals surface area contributed by atoms with Gasteiger partial charge in [0.05, 0.1) is 10.6 Å². The van der Waals surface area contributed by atoms with Gasteiger partial charge in [-0.2, -0.15) is 4.31 Å². The summed E-state index contributed by atoms with van der Waals surface area (Å²) < 4.78 is 33.7. The second kappa shape index (κ2) is 8.22. The van der Waals surface area contributed by atoms with Crippen LogP contribution in [0.5, 0.6) is 5.75 Å². The van der Waals surface area contributed by atoms with Crippen molar-refractivity contribution < 1.29 is 22.7 Å². The van der Waals surface area contributed by atoms with E-state index in [1.54, 1.807) is 24.8 Å². The molecular weight excluding hydrogens is 430 g/mol. The number of nitrogens with zero attached hydrogens (tertiary/aromatic N) is 2. The van der Waals surface area contributed by atoms with E-state index in [0.717, 1.165) is 11.1 Å². The lowest BCUT2D eigenvalue weighted by Gasteiger charge is -2.34. The maximum atomic E-state index is 13.4. The minimum atomic E-state index is -3.78. The van der Waals surface area contributed by atoms with Gasteiger partial charge in [0.25, 0.3) is 11.8 Å². The minimum Gasteiger partial charge on any atom is -0.479 e. The quantitative estimate of drug-likeness (QED) is 0.764. The van der Waals surface area contributed by atoms with Crippen LogP contribution >= 0.6 is 0 Å². The lowest BCUT2D eigenvalue weighted by atomic mass is 10.1. The van der Waals surface area contributed by atoms with E-state index in [1.807, 2.05) is 32.0 Å². The predicted octanol–water partition coefficient (Wildman–Crippen LogP) is 2.48. The van der Waals surface area contributed by atoms with Gasteiger partial charge in [-0.25, -0.2) is 8.42 Å². The monoisotopic (exact) mass is 457 g/mol. The summed E-state index contributed by atoms with van der Waals surface area (Å²) in [6.07, 6.45) is -0.694. The third-order valence-electron chi connectivity index (χ3n) is 5.82. The van der Waals surface area contributed by atoms with Crippen LogP contribution in [0, 0.1) is 20.8 Å². The molecule has 0 radical (unpaired) electrons. The third kappa shape index (κ3) is 4.10. The molecule has 4 rings (SSSR count). The van der Waals surface area contributed by atoms with Gasteiger partial charge in [-0.1, -0.05) is 17.2 Å². The highest BCUT2D eigenvalue weighted by molar-refractivity contribution is 7.89. The van der Waals surface area contributed by atoms with E-state index in [9.17, 15) is 18.0 Å². The van der Waals surface area contributed by atoms with Crippen LogP contribution in [0.15, 0.2) is 35.2 Å². The number of sulfonamides is 1. The summed E-state index contributed by atoms with van der Waals surface area (Å²) in [4.78, 5) is 26.6. The third-order valence-corrected chi connectivity index (χ3v) is 7.86. The molecule has 1 fully saturated rings. The van der Waals surface area contributed by atoms with Gasteiger partial charge in [0.2, 0.25) is 10.0 Å². The number of aryl methyl sites for hydroxylation is 3. The van der Waals surface area contributed by atoms with Gasteiger partial charge in [-0.15, -0.1) is 0 Å². The first-order valence-electron chi connectivity index (χ1n) is 10.6. The van der Waals surface area contributed by atoms with Crippen LogP contribution in [-0.4, -0.2) is 61.7 Å². The maximum absolute atomic E-state index is 13.4. The number of amides is 2. The second-order valence-corrected chi connectivity index (χ2v) is 10.3. The number of benzene rings is 2. The van der Waals surface area contributed by atoms with Gasteiger partial charge in [0, 0.05) is 37.8 Å². The number of anilines is 1. The number of piperazine rings is 1. The van der Waals surface area contributed by atoms with E-state index in [0.29, 0.717) is 35.7 Å². The molecule has 2 aliphatic heterocycles. The van der Waals surface area contributed by atoms with Crippen molar-refractivity contribution in [1.82, 2.24) is 9.21 Å². The van der Waals surface area contributed by atoms with Crippen molar-refractivity contribution in [3.05, 3.63) is 52.6 Å². The van der Waals surface area contributed by atoms with E-state index in [4.69, 9.17) is 4.74 Å². The van der Waals surface area contributed by atoms with E-state index < -0.39 is 16.1 Å². The molecule has 32 heavy (non-hydrogen) atoms. The molecule has 2 aromatic carbocycles. The van der Waals surface area contributed by atoms with Crippen LogP contribution in [-0.2, 0) is 14.8 Å². The number of fused-ring (bicyclic) bond motifs is 1. The molecule has 1 saturated heterocycles. The number of carbonyl (C=O) groups excluding carboxylic acids is 2. The summed E-state index contributed by atoms with van der Waals surface area (Å²) in [5, 5.41) is 2.73. The SMILES string of the molecule is Cc1cc(C)cc(C(=O)N2CCN(S(=O)(=O)c3cc4c(cc3C)NC(=O)[C@H](C)O4)CC2)c1. The number of carbonyl (C=O) groups is 2. The van der Waals surface area contributed by atoms with E-state index in [1.165, 1.54) is 10.4 Å². The summed E-state index contributed by atoms with van der Waals surface area (Å²) in [6, 6.07) is 8.82. The predicted molar refractivity (Wildman–Crippen MR) is 120 cm³/mol. The maximum Gasteiger partial charge on any atom is 0.265 e. The lowest BCUT2D eigenvalue weighted by Crippen LogP contribution is -2.50. The zero-order chi connectivity index (χ0) is 23.2. The van der Waals surface area contributed by atoms with Crippen molar-refractivity contribution in [3.63, 3.8) is 0 Å². The molecule has 0 aromatic heterocycles. The molecule has 1 N–H and O–H groups in total. The number of rotatable bonds is 3. The zero-order valence-electron chi connectivity index (χ0n) is 18.6. The Morgan fingerprint density at radius 3 is 2.25 bits per heavy atom. The van der Waals surface area contributed by atoms with Crippen LogP contribution in [0.1, 0.15) is 34.0 Å². The minimum absolute atomic E-state index is 0.0862. The molecule has 0 bridgehead atoms. The molecule has 2 amide bonds. The molecule has 0 aliphatic carbocycles. The Morgan fingerprint density at radius 1 is 1.00 bits per heavy atom. The fourth-order valence-corrected chi connectivity index (χ4v) is 5.82. The lowest BCUT2D eigenvalue weighted by molar-refractivity contribution is -0.122. The first-order chi connectivity index (χ1) is 15.1. The molecule has 0 unspecified atom stereocenters. The van der Waals surface area contributed by atoms with Crippen LogP contribution in [0.4, 0.5) is 5.69 Å². The normalized spacial score (nSPS) is 19.2. The number of ether oxygens (including phenoxy) is 1. The highest BCUT2D eigenvalue weighted by Crippen LogP contribution is 2.35. The fraction of sp³-hybridized carbons (Fsp3) is 0.391. The summed E-state index contributed by atoms with van der Waals surface area (Å²) in [5.41, 5.74) is 3.65. The Hall–Kier alpha value is -2.91. The first kappa shape index (κ1) is 22.3. The average molecular weight is 458 g/mol. The standard InChI is InChI=1S/C23H27N3O5S/c1-14-9-15(2)11-18(10-14)23(28)25-5-7-26(8-6-25)32(29,30)21-13-20-19(12-16(21)3)24-22(27)17(4)31-20/h9-13,17H,5-8H2,1-4H3,(H,24,27)/t17-/m0/s1. The van der Waals surface area contributed by atoms with Crippen molar-refractivity contribution >= 4 is 27.5 Å². The molecular formula is C23H27N3O5S. The highest BCUT2D eigenvalue weighted by atomic mass is 32.2.